The molecule has 3 heterocycles. The van der Waals surface area contributed by atoms with Gasteiger partial charge in [0, 0.05) is 30.7 Å². The number of thioether (sulfide) groups is 1. The molecule has 2 amide bonds. The number of unbranched alkanes of at least 4 members (excludes halogenated alkanes) is 11. The van der Waals surface area contributed by atoms with Crippen LogP contribution in [-0.2, 0) is 69.0 Å². The Hall–Kier alpha value is -2.49. The summed E-state index contributed by atoms with van der Waals surface area (Å²) in [5.41, 5.74) is 9.91. The van der Waals surface area contributed by atoms with Crippen LogP contribution in [0, 0.1) is 5.41 Å². The highest BCUT2D eigenvalue weighted by Gasteiger charge is 2.50. The number of amides is 2. The van der Waals surface area contributed by atoms with E-state index in [4.69, 9.17) is 39.0 Å². The molecule has 11 atom stereocenters. The van der Waals surface area contributed by atoms with Crippen LogP contribution < -0.4 is 22.1 Å². The van der Waals surface area contributed by atoms with Gasteiger partial charge in [-0.05, 0) is 12.8 Å². The summed E-state index contributed by atoms with van der Waals surface area (Å²) in [6.45, 7) is 0.320. The molecular formula is C42H78N8O24P4S. The SMILES string of the molecule is CCCCCCCCCCCCCCC(O)OCC(O)COP(=O)(O)OCC(N)C(=O)SCCNC(=O)CCNC(=O)C(O)C(C)(C)COP(=O)(O)OP(=O)(O)OCC1OC(n2cnc3c(N)ncnc32)C(O)C1OP(=O)(O)O. The molecule has 2 aromatic rings. The lowest BCUT2D eigenvalue weighted by molar-refractivity contribution is -0.137. The average Bonchev–Trinajstić information content (AvgIpc) is 4.07. The standard InChI is InChI=1S/C42H78N8O24P4S/c1-4-5-6-7-8-9-10-11-12-13-14-15-16-32(53)67-21-28(51)22-68-76(61,62)69-23-29(43)41(57)79-20-19-45-31(52)17-18-46-39(56)36(55)42(2,3)25-71-78(65,66)74-77(63,64)70-24-30-35(73-75(58,59)60)34(54)40(72-30)50-27-49-33-37(44)47-26-48-38(33)50/h26-30,32,34-36,40,51,53-55H,4-25,43H2,1-3H3,(H,45,52)(H,46,56)(H,61,62)(H,63,64)(H,65,66)(H2,44,47,48)(H2,58,59,60). The molecule has 37 heteroatoms. The van der Waals surface area contributed by atoms with Crippen LogP contribution in [0.3, 0.4) is 0 Å². The first-order valence-electron chi connectivity index (χ1n) is 25.4. The van der Waals surface area contributed by atoms with Gasteiger partial charge in [0.05, 0.1) is 45.4 Å². The van der Waals surface area contributed by atoms with Crippen molar-refractivity contribution in [2.75, 3.05) is 57.6 Å². The van der Waals surface area contributed by atoms with Gasteiger partial charge in [0.15, 0.2) is 24.0 Å². The van der Waals surface area contributed by atoms with E-state index in [1.165, 1.54) is 65.2 Å². The first-order chi connectivity index (χ1) is 37.0. The van der Waals surface area contributed by atoms with Crippen molar-refractivity contribution in [3.05, 3.63) is 12.7 Å². The smallest absolute Gasteiger partial charge is 0.388 e. The summed E-state index contributed by atoms with van der Waals surface area (Å²) < 4.78 is 89.4. The minimum Gasteiger partial charge on any atom is -0.388 e. The van der Waals surface area contributed by atoms with E-state index >= 15 is 0 Å². The molecule has 1 saturated heterocycles. The number of aromatic nitrogens is 4. The van der Waals surface area contributed by atoms with Gasteiger partial charge in [-0.3, -0.25) is 41.6 Å². The van der Waals surface area contributed by atoms with E-state index in [1.807, 2.05) is 0 Å². The molecule has 1 fully saturated rings. The Morgan fingerprint density at radius 3 is 2.05 bits per heavy atom. The van der Waals surface area contributed by atoms with Crippen LogP contribution in [0.4, 0.5) is 5.82 Å². The van der Waals surface area contributed by atoms with Crippen molar-refractivity contribution in [3.63, 3.8) is 0 Å². The van der Waals surface area contributed by atoms with Crippen LogP contribution in [0.25, 0.3) is 11.2 Å². The molecule has 11 unspecified atom stereocenters. The number of fused-ring (bicyclic) bond motifs is 1. The number of imidazole rings is 1. The molecule has 79 heavy (non-hydrogen) atoms. The Bertz CT molecular complexity index is 2390. The first kappa shape index (κ1) is 70.8. The zero-order valence-electron chi connectivity index (χ0n) is 44.1. The van der Waals surface area contributed by atoms with E-state index in [-0.39, 0.29) is 48.9 Å². The van der Waals surface area contributed by atoms with E-state index < -0.39 is 129 Å². The molecule has 1 aliphatic heterocycles. The summed E-state index contributed by atoms with van der Waals surface area (Å²) in [6, 6.07) is -1.38. The number of anilines is 1. The van der Waals surface area contributed by atoms with Crippen molar-refractivity contribution in [2.24, 2.45) is 11.1 Å². The number of carbonyl (C=O) groups is 3. The number of carbonyl (C=O) groups excluding carboxylic acids is 3. The van der Waals surface area contributed by atoms with Crippen molar-refractivity contribution >= 4 is 77.0 Å². The third-order valence-corrected chi connectivity index (χ3v) is 16.7. The largest absolute Gasteiger partial charge is 0.481 e. The van der Waals surface area contributed by atoms with Gasteiger partial charge in [0.25, 0.3) is 0 Å². The van der Waals surface area contributed by atoms with Crippen LogP contribution >= 0.6 is 43.1 Å². The lowest BCUT2D eigenvalue weighted by Gasteiger charge is -2.30. The second-order valence-corrected chi connectivity index (χ2v) is 25.8. The molecule has 32 nitrogen and oxygen atoms in total. The summed E-state index contributed by atoms with van der Waals surface area (Å²) in [4.78, 5) is 98.7. The highest BCUT2D eigenvalue weighted by atomic mass is 32.2. The summed E-state index contributed by atoms with van der Waals surface area (Å²) >= 11 is 0.673. The Labute approximate surface area is 460 Å². The van der Waals surface area contributed by atoms with Gasteiger partial charge < -0.3 is 76.5 Å². The second kappa shape index (κ2) is 34.3. The monoisotopic (exact) mass is 1230 g/mol. The van der Waals surface area contributed by atoms with E-state index in [9.17, 15) is 77.5 Å². The predicted molar refractivity (Wildman–Crippen MR) is 280 cm³/mol. The van der Waals surface area contributed by atoms with Crippen molar-refractivity contribution in [1.82, 2.24) is 30.2 Å². The number of ether oxygens (including phenoxy) is 2. The molecule has 0 saturated carbocycles. The molecule has 0 bridgehead atoms. The highest BCUT2D eigenvalue weighted by molar-refractivity contribution is 8.13. The summed E-state index contributed by atoms with van der Waals surface area (Å²) in [5, 5.41) is 45.9. The van der Waals surface area contributed by atoms with Crippen LogP contribution in [0.5, 0.6) is 0 Å². The molecule has 0 spiro atoms. The van der Waals surface area contributed by atoms with Crippen LogP contribution in [-0.4, -0.2) is 176 Å². The number of hydrogen-bond acceptors (Lipinski definition) is 25. The van der Waals surface area contributed by atoms with E-state index in [2.05, 4.69) is 41.3 Å². The van der Waals surface area contributed by atoms with Crippen molar-refractivity contribution in [2.45, 2.75) is 160 Å². The maximum absolute atomic E-state index is 12.8. The van der Waals surface area contributed by atoms with Crippen LogP contribution in [0.2, 0.25) is 0 Å². The van der Waals surface area contributed by atoms with Crippen molar-refractivity contribution in [3.8, 4) is 0 Å². The lowest BCUT2D eigenvalue weighted by atomic mass is 9.87. The topological polar surface area (TPSA) is 495 Å². The number of nitrogens with one attached hydrogen (secondary N) is 2. The molecule has 1 aliphatic rings. The normalized spacial score (nSPS) is 20.9. The fourth-order valence-corrected chi connectivity index (χ4v) is 11.7. The zero-order valence-corrected chi connectivity index (χ0v) is 48.5. The maximum atomic E-state index is 12.8. The Balaban J connectivity index is 1.28. The minimum absolute atomic E-state index is 0.00455. The van der Waals surface area contributed by atoms with Gasteiger partial charge >= 0.3 is 31.3 Å². The maximum Gasteiger partial charge on any atom is 0.481 e. The second-order valence-electron chi connectivity index (χ2n) is 19.0. The van der Waals surface area contributed by atoms with Crippen molar-refractivity contribution in [1.29, 1.82) is 0 Å². The minimum atomic E-state index is -5.63. The number of nitrogen functional groups attached to an aromatic ring is 1. The number of phosphoric ester groups is 4. The van der Waals surface area contributed by atoms with Gasteiger partial charge in [0.1, 0.15) is 42.4 Å². The molecule has 2 aromatic heterocycles. The van der Waals surface area contributed by atoms with Gasteiger partial charge in [-0.1, -0.05) is 103 Å². The van der Waals surface area contributed by atoms with E-state index in [0.29, 0.717) is 18.2 Å². The third-order valence-electron chi connectivity index (χ3n) is 11.7. The number of hydrogen-bond donors (Lipinski definition) is 13. The fraction of sp³-hybridized carbons (Fsp3) is 0.810. The lowest BCUT2D eigenvalue weighted by Crippen LogP contribution is -2.46. The fourth-order valence-electron chi connectivity index (χ4n) is 7.36. The van der Waals surface area contributed by atoms with Gasteiger partial charge in [0.2, 0.25) is 16.9 Å². The van der Waals surface area contributed by atoms with Crippen molar-refractivity contribution < 1.29 is 114 Å². The molecular weight excluding hydrogens is 1160 g/mol. The first-order valence-corrected chi connectivity index (χ1v) is 32.4. The van der Waals surface area contributed by atoms with E-state index in [0.717, 1.165) is 42.9 Å². The molecule has 0 aliphatic carbocycles. The summed E-state index contributed by atoms with van der Waals surface area (Å²) in [5.74, 6) is -1.72. The number of aliphatic hydroxyl groups is 4. The number of phosphoric acid groups is 4. The van der Waals surface area contributed by atoms with Gasteiger partial charge in [-0.15, -0.1) is 0 Å². The third kappa shape index (κ3) is 27.2. The zero-order chi connectivity index (χ0) is 59.0. The van der Waals surface area contributed by atoms with Gasteiger partial charge in [-0.2, -0.15) is 4.31 Å². The quantitative estimate of drug-likeness (QED) is 0.0256. The summed E-state index contributed by atoms with van der Waals surface area (Å²) in [7, 11) is -21.3. The number of nitrogens with zero attached hydrogens (tertiary/aromatic N) is 4. The van der Waals surface area contributed by atoms with E-state index in [1.54, 1.807) is 0 Å². The Morgan fingerprint density at radius 2 is 1.42 bits per heavy atom. The molecule has 15 N–H and O–H groups in total. The number of nitrogens with two attached hydrogens (primary N) is 2. The highest BCUT2D eigenvalue weighted by Crippen LogP contribution is 2.61. The van der Waals surface area contributed by atoms with Crippen LogP contribution in [0.15, 0.2) is 12.7 Å². The Morgan fingerprint density at radius 1 is 0.810 bits per heavy atom. The number of aliphatic hydroxyl groups excluding tert-OH is 4. The molecule has 456 valence electrons. The Kier molecular flexibility index (Phi) is 30.8. The molecule has 0 aromatic carbocycles. The van der Waals surface area contributed by atoms with Gasteiger partial charge in [-0.25, -0.2) is 33.2 Å². The molecule has 0 radical (unpaired) electrons. The predicted octanol–water partition coefficient (Wildman–Crippen LogP) is 1.91. The average molecular weight is 1240 g/mol. The summed E-state index contributed by atoms with van der Waals surface area (Å²) in [6.07, 6.45) is 4.53. The van der Waals surface area contributed by atoms with Crippen LogP contribution in [0.1, 0.15) is 117 Å². The molecule has 3 rings (SSSR count). The number of rotatable bonds is 42.